The first-order valence-electron chi connectivity index (χ1n) is 12.8. The molecule has 0 unspecified atom stereocenters. The molecule has 0 aliphatic heterocycles. The van der Waals surface area contributed by atoms with Crippen LogP contribution in [0.5, 0.6) is 11.5 Å². The van der Waals surface area contributed by atoms with Gasteiger partial charge in [-0.05, 0) is 54.8 Å². The van der Waals surface area contributed by atoms with Crippen LogP contribution in [0.3, 0.4) is 0 Å². The monoisotopic (exact) mass is 570 g/mol. The molecule has 0 saturated carbocycles. The van der Waals surface area contributed by atoms with E-state index in [1.165, 1.54) is 24.3 Å². The Kier molecular flexibility index (Phi) is 7.96. The third-order valence-corrected chi connectivity index (χ3v) is 6.45. The lowest BCUT2D eigenvalue weighted by Crippen LogP contribution is -2.16. The van der Waals surface area contributed by atoms with Crippen LogP contribution in [-0.2, 0) is 4.74 Å². The maximum atomic E-state index is 14.9. The third kappa shape index (κ3) is 5.97. The van der Waals surface area contributed by atoms with Crippen molar-refractivity contribution >= 4 is 17.7 Å². The number of benzene rings is 4. The molecule has 2 N–H and O–H groups in total. The number of aromatic nitrogens is 1. The van der Waals surface area contributed by atoms with Gasteiger partial charge in [-0.1, -0.05) is 71.9 Å². The Labute approximate surface area is 239 Å². The van der Waals surface area contributed by atoms with E-state index in [1.54, 1.807) is 38.1 Å². The molecule has 1 atom stereocenters. The van der Waals surface area contributed by atoms with E-state index in [4.69, 9.17) is 14.0 Å². The molecule has 0 aliphatic carbocycles. The Morgan fingerprint density at radius 2 is 1.50 bits per heavy atom. The molecule has 42 heavy (non-hydrogen) atoms. The minimum Gasteiger partial charge on any atom is -0.478 e. The molecule has 5 aromatic rings. The van der Waals surface area contributed by atoms with Gasteiger partial charge in [-0.2, -0.15) is 0 Å². The van der Waals surface area contributed by atoms with E-state index >= 15 is 0 Å². The van der Waals surface area contributed by atoms with Crippen LogP contribution in [0.15, 0.2) is 95.5 Å². The number of carboxylic acids is 1. The zero-order chi connectivity index (χ0) is 29.8. The molecule has 1 aromatic heterocycles. The molecule has 212 valence electrons. The number of carbonyl (C=O) groups excluding carboxylic acids is 1. The van der Waals surface area contributed by atoms with Crippen molar-refractivity contribution in [1.29, 1.82) is 0 Å². The topological polar surface area (TPSA) is 111 Å². The number of para-hydroxylation sites is 1. The van der Waals surface area contributed by atoms with Crippen LogP contribution in [0.4, 0.5) is 19.3 Å². The number of aromatic carboxylic acids is 1. The number of aryl methyl sites for hydroxylation is 1. The molecule has 0 radical (unpaired) electrons. The van der Waals surface area contributed by atoms with Crippen LogP contribution in [0, 0.1) is 18.6 Å². The molecule has 1 heterocycles. The Morgan fingerprint density at radius 3 is 2.17 bits per heavy atom. The summed E-state index contributed by atoms with van der Waals surface area (Å²) >= 11 is 0. The molecule has 1 amide bonds. The highest BCUT2D eigenvalue weighted by Gasteiger charge is 2.21. The SMILES string of the molecule is Cc1noc(-c2ccc(-c3cc(F)c(Oc4ccccc4C(=O)O)c(F)c3)cc2)c1NC(=O)O[C@H](C)c1ccccc1. The summed E-state index contributed by atoms with van der Waals surface area (Å²) in [5, 5.41) is 16.0. The number of hydrogen-bond donors (Lipinski definition) is 2. The van der Waals surface area contributed by atoms with Crippen LogP contribution in [0.25, 0.3) is 22.5 Å². The fourth-order valence-corrected chi connectivity index (χ4v) is 4.28. The molecule has 5 rings (SSSR count). The maximum absolute atomic E-state index is 14.9. The van der Waals surface area contributed by atoms with Crippen molar-refractivity contribution in [3.63, 3.8) is 0 Å². The van der Waals surface area contributed by atoms with Gasteiger partial charge in [0.15, 0.2) is 23.1 Å². The van der Waals surface area contributed by atoms with Crippen molar-refractivity contribution in [1.82, 2.24) is 5.16 Å². The van der Waals surface area contributed by atoms with Crippen LogP contribution < -0.4 is 10.1 Å². The van der Waals surface area contributed by atoms with Crippen molar-refractivity contribution in [3.05, 3.63) is 119 Å². The summed E-state index contributed by atoms with van der Waals surface area (Å²) in [4.78, 5) is 24.0. The largest absolute Gasteiger partial charge is 0.478 e. The number of nitrogens with one attached hydrogen (secondary N) is 1. The second-order valence-corrected chi connectivity index (χ2v) is 9.31. The van der Waals surface area contributed by atoms with Crippen molar-refractivity contribution < 1.29 is 37.5 Å². The first-order chi connectivity index (χ1) is 20.2. The van der Waals surface area contributed by atoms with Crippen LogP contribution in [-0.4, -0.2) is 22.3 Å². The van der Waals surface area contributed by atoms with Gasteiger partial charge < -0.3 is 19.1 Å². The third-order valence-electron chi connectivity index (χ3n) is 6.45. The number of amides is 1. The lowest BCUT2D eigenvalue weighted by molar-refractivity contribution is 0.0693. The van der Waals surface area contributed by atoms with E-state index in [2.05, 4.69) is 10.5 Å². The molecule has 10 heteroatoms. The summed E-state index contributed by atoms with van der Waals surface area (Å²) < 4.78 is 46.1. The summed E-state index contributed by atoms with van der Waals surface area (Å²) in [6.07, 6.45) is -1.17. The number of rotatable bonds is 8. The van der Waals surface area contributed by atoms with Crippen LogP contribution in [0.2, 0.25) is 0 Å². The number of carboxylic acid groups (broad SMARTS) is 1. The van der Waals surface area contributed by atoms with E-state index in [0.717, 1.165) is 17.7 Å². The molecule has 0 saturated heterocycles. The van der Waals surface area contributed by atoms with E-state index < -0.39 is 35.6 Å². The maximum Gasteiger partial charge on any atom is 0.412 e. The van der Waals surface area contributed by atoms with Gasteiger partial charge in [0.05, 0.1) is 0 Å². The number of anilines is 1. The average molecular weight is 571 g/mol. The van der Waals surface area contributed by atoms with Gasteiger partial charge >= 0.3 is 12.1 Å². The quantitative estimate of drug-likeness (QED) is 0.193. The minimum atomic E-state index is -1.29. The number of carbonyl (C=O) groups is 2. The normalized spacial score (nSPS) is 11.5. The number of hydrogen-bond acceptors (Lipinski definition) is 6. The highest BCUT2D eigenvalue weighted by molar-refractivity contribution is 5.91. The first-order valence-corrected chi connectivity index (χ1v) is 12.8. The van der Waals surface area contributed by atoms with E-state index in [-0.39, 0.29) is 22.6 Å². The lowest BCUT2D eigenvalue weighted by atomic mass is 10.0. The van der Waals surface area contributed by atoms with Crippen LogP contribution >= 0.6 is 0 Å². The predicted molar refractivity (Wildman–Crippen MR) is 150 cm³/mol. The molecule has 0 fully saturated rings. The number of nitrogens with zero attached hydrogens (tertiary/aromatic N) is 1. The Morgan fingerprint density at radius 1 is 0.881 bits per heavy atom. The van der Waals surface area contributed by atoms with Crippen molar-refractivity contribution in [2.24, 2.45) is 0 Å². The number of ether oxygens (including phenoxy) is 2. The lowest BCUT2D eigenvalue weighted by Gasteiger charge is -2.14. The molecule has 4 aromatic carbocycles. The summed E-state index contributed by atoms with van der Waals surface area (Å²) in [6, 6.07) is 23.6. The Hall–Kier alpha value is -5.51. The van der Waals surface area contributed by atoms with E-state index in [1.807, 2.05) is 30.3 Å². The average Bonchev–Trinajstić information content (AvgIpc) is 3.34. The van der Waals surface area contributed by atoms with Crippen molar-refractivity contribution in [2.45, 2.75) is 20.0 Å². The molecule has 0 aliphatic rings. The number of halogens is 2. The Bertz CT molecular complexity index is 1730. The van der Waals surface area contributed by atoms with Crippen molar-refractivity contribution in [3.8, 4) is 33.9 Å². The van der Waals surface area contributed by atoms with Gasteiger partial charge in [-0.3, -0.25) is 5.32 Å². The van der Waals surface area contributed by atoms with Gasteiger partial charge in [-0.15, -0.1) is 0 Å². The smallest absolute Gasteiger partial charge is 0.412 e. The molecular weight excluding hydrogens is 546 g/mol. The standard InChI is InChI=1S/C32H24F2N2O6/c1-18-28(35-32(39)40-19(2)20-8-4-3-5-9-20)29(42-36-18)22-14-12-21(13-15-22)23-16-25(33)30(26(34)17-23)41-27-11-7-6-10-24(27)31(37)38/h3-17,19H,1-2H3,(H,35,39)(H,37,38)/t19-/m1/s1. The summed E-state index contributed by atoms with van der Waals surface area (Å²) in [6.45, 7) is 3.43. The fraction of sp³-hybridized carbons (Fsp3) is 0.0938. The zero-order valence-electron chi connectivity index (χ0n) is 22.4. The summed E-state index contributed by atoms with van der Waals surface area (Å²) in [5.41, 5.74) is 2.62. The molecule has 0 bridgehead atoms. The first kappa shape index (κ1) is 28.0. The van der Waals surface area contributed by atoms with Gasteiger partial charge in [0.1, 0.15) is 28.8 Å². The highest BCUT2D eigenvalue weighted by atomic mass is 19.1. The fourth-order valence-electron chi connectivity index (χ4n) is 4.28. The van der Waals surface area contributed by atoms with Crippen LogP contribution in [0.1, 0.15) is 34.6 Å². The summed E-state index contributed by atoms with van der Waals surface area (Å²) in [7, 11) is 0. The van der Waals surface area contributed by atoms with Gasteiger partial charge in [0.25, 0.3) is 0 Å². The van der Waals surface area contributed by atoms with E-state index in [0.29, 0.717) is 22.5 Å². The van der Waals surface area contributed by atoms with Crippen molar-refractivity contribution in [2.75, 3.05) is 5.32 Å². The molecule has 0 spiro atoms. The Balaban J connectivity index is 1.34. The van der Waals surface area contributed by atoms with Gasteiger partial charge in [0.2, 0.25) is 0 Å². The highest BCUT2D eigenvalue weighted by Crippen LogP contribution is 2.36. The van der Waals surface area contributed by atoms with E-state index in [9.17, 15) is 23.5 Å². The second kappa shape index (κ2) is 11.9. The predicted octanol–water partition coefficient (Wildman–Crippen LogP) is 8.40. The molecular formula is C32H24F2N2O6. The van der Waals surface area contributed by atoms with Gasteiger partial charge in [-0.25, -0.2) is 18.4 Å². The summed E-state index contributed by atoms with van der Waals surface area (Å²) in [5.74, 6) is -3.93. The minimum absolute atomic E-state index is 0.190. The zero-order valence-corrected chi connectivity index (χ0v) is 22.4. The molecule has 8 nitrogen and oxygen atoms in total. The second-order valence-electron chi connectivity index (χ2n) is 9.31. The van der Waals surface area contributed by atoms with Gasteiger partial charge in [0, 0.05) is 5.56 Å².